The van der Waals surface area contributed by atoms with Crippen LogP contribution >= 0.6 is 11.8 Å². The Morgan fingerprint density at radius 2 is 1.87 bits per heavy atom. The van der Waals surface area contributed by atoms with Gasteiger partial charge >= 0.3 is 0 Å². The number of rotatable bonds is 6. The molecule has 1 aliphatic heterocycles. The fourth-order valence-electron chi connectivity index (χ4n) is 2.83. The van der Waals surface area contributed by atoms with Crippen molar-refractivity contribution in [2.24, 2.45) is 11.1 Å². The van der Waals surface area contributed by atoms with Gasteiger partial charge in [-0.1, -0.05) is 26.0 Å². The number of ether oxygens (including phenoxy) is 1. The van der Waals surface area contributed by atoms with Crippen LogP contribution < -0.4 is 11.1 Å². The van der Waals surface area contributed by atoms with Crippen molar-refractivity contribution in [3.63, 3.8) is 0 Å². The molecule has 2 rings (SSSR count). The minimum Gasteiger partial charge on any atom is -0.381 e. The molecule has 0 bridgehead atoms. The molecule has 128 valence electrons. The molecule has 4 nitrogen and oxygen atoms in total. The molecule has 1 unspecified atom stereocenters. The lowest BCUT2D eigenvalue weighted by Crippen LogP contribution is -2.49. The van der Waals surface area contributed by atoms with Crippen LogP contribution in [0, 0.1) is 5.41 Å². The summed E-state index contributed by atoms with van der Waals surface area (Å²) in [6.45, 7) is 7.98. The van der Waals surface area contributed by atoms with Gasteiger partial charge in [-0.2, -0.15) is 0 Å². The second-order valence-electron chi connectivity index (χ2n) is 6.53. The molecule has 1 amide bonds. The topological polar surface area (TPSA) is 64.4 Å². The van der Waals surface area contributed by atoms with E-state index in [0.717, 1.165) is 5.56 Å². The molecule has 0 radical (unpaired) electrons. The minimum atomic E-state index is -0.472. The summed E-state index contributed by atoms with van der Waals surface area (Å²) < 4.78 is 5.37. The number of hydrogen-bond acceptors (Lipinski definition) is 4. The van der Waals surface area contributed by atoms with E-state index in [2.05, 4.69) is 43.4 Å². The van der Waals surface area contributed by atoms with E-state index in [1.807, 2.05) is 18.7 Å². The molecule has 0 spiro atoms. The average Bonchev–Trinajstić information content (AvgIpc) is 2.55. The second-order valence-corrected chi connectivity index (χ2v) is 8.18. The Morgan fingerprint density at radius 3 is 2.39 bits per heavy atom. The summed E-state index contributed by atoms with van der Waals surface area (Å²) in [6, 6.07) is 8.40. The molecule has 1 aromatic rings. The summed E-state index contributed by atoms with van der Waals surface area (Å²) in [4.78, 5) is 14.0. The number of nitrogens with one attached hydrogen (secondary N) is 1. The van der Waals surface area contributed by atoms with Gasteiger partial charge in [-0.25, -0.2) is 0 Å². The fraction of sp³-hybridized carbons (Fsp3) is 0.611. The average molecular weight is 337 g/mol. The van der Waals surface area contributed by atoms with Crippen molar-refractivity contribution in [2.45, 2.75) is 49.8 Å². The van der Waals surface area contributed by atoms with Crippen LogP contribution in [0.1, 0.15) is 45.2 Å². The third kappa shape index (κ3) is 4.72. The maximum atomic E-state index is 12.7. The summed E-state index contributed by atoms with van der Waals surface area (Å²) >= 11 is 1.84. The van der Waals surface area contributed by atoms with Gasteiger partial charge in [0, 0.05) is 29.9 Å². The van der Waals surface area contributed by atoms with Crippen LogP contribution in [-0.2, 0) is 9.53 Å². The Hall–Kier alpha value is -1.04. The third-order valence-electron chi connectivity index (χ3n) is 4.42. The number of carbonyl (C=O) groups excluding carboxylic acids is 1. The highest BCUT2D eigenvalue weighted by molar-refractivity contribution is 7.99. The van der Waals surface area contributed by atoms with Crippen molar-refractivity contribution in [3.8, 4) is 0 Å². The quantitative estimate of drug-likeness (QED) is 0.784. The zero-order valence-corrected chi connectivity index (χ0v) is 15.1. The first-order valence-electron chi connectivity index (χ1n) is 8.32. The van der Waals surface area contributed by atoms with Gasteiger partial charge < -0.3 is 15.8 Å². The van der Waals surface area contributed by atoms with Crippen molar-refractivity contribution in [1.82, 2.24) is 5.32 Å². The Balaban J connectivity index is 2.00. The van der Waals surface area contributed by atoms with Crippen LogP contribution in [0.3, 0.4) is 0 Å². The molecular formula is C18H28N2O2S. The summed E-state index contributed by atoms with van der Waals surface area (Å²) in [6.07, 6.45) is 1.40. The zero-order valence-electron chi connectivity index (χ0n) is 14.3. The number of carbonyl (C=O) groups is 1. The molecule has 0 aromatic heterocycles. The smallest absolute Gasteiger partial charge is 0.228 e. The zero-order chi connectivity index (χ0) is 16.9. The highest BCUT2D eigenvalue weighted by Crippen LogP contribution is 2.31. The number of thioether (sulfide) groups is 1. The van der Waals surface area contributed by atoms with Crippen molar-refractivity contribution >= 4 is 17.7 Å². The third-order valence-corrected chi connectivity index (χ3v) is 5.44. The van der Waals surface area contributed by atoms with Crippen molar-refractivity contribution in [1.29, 1.82) is 0 Å². The first kappa shape index (κ1) is 18.3. The van der Waals surface area contributed by atoms with E-state index in [0.29, 0.717) is 37.9 Å². The normalized spacial score (nSPS) is 18.7. The Labute approximate surface area is 143 Å². The molecule has 3 N–H and O–H groups in total. The summed E-state index contributed by atoms with van der Waals surface area (Å²) in [5.41, 5.74) is 6.54. The largest absolute Gasteiger partial charge is 0.381 e. The van der Waals surface area contributed by atoms with Gasteiger partial charge in [0.15, 0.2) is 0 Å². The molecule has 1 aromatic carbocycles. The van der Waals surface area contributed by atoms with Crippen LogP contribution in [0.2, 0.25) is 0 Å². The Bertz CT molecular complexity index is 510. The molecule has 0 saturated carbocycles. The molecule has 1 fully saturated rings. The van der Waals surface area contributed by atoms with E-state index in [1.54, 1.807) is 0 Å². The van der Waals surface area contributed by atoms with Gasteiger partial charge in [0.25, 0.3) is 0 Å². The van der Waals surface area contributed by atoms with Gasteiger partial charge in [0.1, 0.15) is 0 Å². The van der Waals surface area contributed by atoms with Crippen LogP contribution in [0.5, 0.6) is 0 Å². The van der Waals surface area contributed by atoms with Crippen molar-refractivity contribution < 1.29 is 9.53 Å². The first-order valence-corrected chi connectivity index (χ1v) is 9.20. The highest BCUT2D eigenvalue weighted by Gasteiger charge is 2.39. The van der Waals surface area contributed by atoms with Gasteiger partial charge in [-0.3, -0.25) is 4.79 Å². The molecule has 1 aliphatic rings. The van der Waals surface area contributed by atoms with Crippen molar-refractivity contribution in [2.75, 3.05) is 19.8 Å². The monoisotopic (exact) mass is 336 g/mol. The number of amides is 1. The summed E-state index contributed by atoms with van der Waals surface area (Å²) in [5, 5.41) is 3.70. The van der Waals surface area contributed by atoms with Gasteiger partial charge in [0.2, 0.25) is 5.91 Å². The SMILES string of the molecule is CC(C)Sc1ccc(C(C)NC(=O)C2(CN)CCOCC2)cc1. The van der Waals surface area contributed by atoms with E-state index >= 15 is 0 Å². The van der Waals surface area contributed by atoms with E-state index < -0.39 is 5.41 Å². The molecular weight excluding hydrogens is 308 g/mol. The number of nitrogens with two attached hydrogens (primary N) is 1. The highest BCUT2D eigenvalue weighted by atomic mass is 32.2. The van der Waals surface area contributed by atoms with Crippen LogP contribution in [0.4, 0.5) is 0 Å². The van der Waals surface area contributed by atoms with Crippen LogP contribution in [0.15, 0.2) is 29.2 Å². The molecule has 23 heavy (non-hydrogen) atoms. The maximum absolute atomic E-state index is 12.7. The Morgan fingerprint density at radius 1 is 1.26 bits per heavy atom. The molecule has 5 heteroatoms. The predicted octanol–water partition coefficient (Wildman–Crippen LogP) is 3.12. The standard InChI is InChI=1S/C18H28N2O2S/c1-13(2)23-16-6-4-15(5-7-16)14(3)20-17(21)18(12-19)8-10-22-11-9-18/h4-7,13-14H,8-12,19H2,1-3H3,(H,20,21). The number of benzene rings is 1. The maximum Gasteiger partial charge on any atom is 0.228 e. The van der Waals surface area contributed by atoms with Crippen LogP contribution in [-0.4, -0.2) is 30.9 Å². The lowest BCUT2D eigenvalue weighted by molar-refractivity contribution is -0.136. The Kier molecular flexibility index (Phi) is 6.50. The molecule has 0 aliphatic carbocycles. The lowest BCUT2D eigenvalue weighted by Gasteiger charge is -2.35. The van der Waals surface area contributed by atoms with E-state index in [1.165, 1.54) is 4.90 Å². The van der Waals surface area contributed by atoms with Crippen LogP contribution in [0.25, 0.3) is 0 Å². The van der Waals surface area contributed by atoms with Gasteiger partial charge in [0.05, 0.1) is 11.5 Å². The van der Waals surface area contributed by atoms with Crippen molar-refractivity contribution in [3.05, 3.63) is 29.8 Å². The van der Waals surface area contributed by atoms with E-state index in [4.69, 9.17) is 10.5 Å². The molecule has 1 heterocycles. The minimum absolute atomic E-state index is 0.0214. The predicted molar refractivity (Wildman–Crippen MR) is 95.5 cm³/mol. The summed E-state index contributed by atoms with van der Waals surface area (Å²) in [5.74, 6) is 0.0523. The second kappa shape index (κ2) is 8.18. The lowest BCUT2D eigenvalue weighted by atomic mass is 9.79. The molecule has 1 saturated heterocycles. The molecule has 1 atom stereocenters. The van der Waals surface area contributed by atoms with Gasteiger partial charge in [-0.05, 0) is 37.5 Å². The van der Waals surface area contributed by atoms with E-state index in [-0.39, 0.29) is 11.9 Å². The number of hydrogen-bond donors (Lipinski definition) is 2. The summed E-state index contributed by atoms with van der Waals surface area (Å²) in [7, 11) is 0. The van der Waals surface area contributed by atoms with Gasteiger partial charge in [-0.15, -0.1) is 11.8 Å². The first-order chi connectivity index (χ1) is 11.0. The van der Waals surface area contributed by atoms with E-state index in [9.17, 15) is 4.79 Å². The fourth-order valence-corrected chi connectivity index (χ4v) is 3.66.